The zero-order valence-electron chi connectivity index (χ0n) is 26.6. The highest BCUT2D eigenvalue weighted by Gasteiger charge is 2.15. The fraction of sp³-hybridized carbons (Fsp3) is 0.526. The van der Waals surface area contributed by atoms with Crippen molar-refractivity contribution >= 4 is 6.79 Å². The highest BCUT2D eigenvalue weighted by Crippen LogP contribution is 2.27. The van der Waals surface area contributed by atoms with Gasteiger partial charge in [0, 0.05) is 12.4 Å². The van der Waals surface area contributed by atoms with E-state index in [-0.39, 0.29) is 0 Å². The van der Waals surface area contributed by atoms with Gasteiger partial charge in [-0.2, -0.15) is 0 Å². The first kappa shape index (κ1) is 35.3. The topological polar surface area (TPSA) is 30.0 Å². The van der Waals surface area contributed by atoms with Gasteiger partial charge in [0.1, 0.15) is 6.79 Å². The van der Waals surface area contributed by atoms with Crippen LogP contribution in [0.15, 0.2) is 67.0 Å². The number of aryl methyl sites for hydroxylation is 5. The minimum absolute atomic E-state index is 0.860. The molecule has 0 radical (unpaired) electrons. The Morgan fingerprint density at radius 1 is 0.825 bits per heavy atom. The number of fused-ring (bicyclic) bond motifs is 1. The van der Waals surface area contributed by atoms with E-state index in [1.165, 1.54) is 86.5 Å². The molecule has 0 unspecified atom stereocenters. The van der Waals surface area contributed by atoms with Crippen LogP contribution < -0.4 is 0 Å². The molecular weight excluding hydrogens is 486 g/mol. The predicted octanol–water partition coefficient (Wildman–Crippen LogP) is 10.4. The second kappa shape index (κ2) is 22.0. The summed E-state index contributed by atoms with van der Waals surface area (Å²) >= 11 is 0. The summed E-state index contributed by atoms with van der Waals surface area (Å²) in [5, 5.41) is 0. The standard InChI is InChI=1S/C19H23N.C9H12.C7H14.C2H6.CH2O/c1-15-7-9-19-13-16(8-10-18(19)12-15)4-2-5-17-6-3-11-20-14-17;1-3-9-6-4-8(2)5-7-9;1-2-7-5-3-4-6-7;2*1-2/h3,6,8,10-11,13-15H,2,4-5,7,9,12H2,1H3;4-7H,3H2,1-2H3;7H,2-6H2,1H3;1-2H3;1H2/t15-;;;;/m0..../s1. The van der Waals surface area contributed by atoms with Gasteiger partial charge in [-0.15, -0.1) is 0 Å². The highest BCUT2D eigenvalue weighted by molar-refractivity contribution is 5.34. The van der Waals surface area contributed by atoms with E-state index in [1.807, 2.05) is 39.1 Å². The van der Waals surface area contributed by atoms with Crippen molar-refractivity contribution in [3.63, 3.8) is 0 Å². The Labute approximate surface area is 247 Å². The molecule has 5 rings (SSSR count). The number of pyridine rings is 1. The summed E-state index contributed by atoms with van der Waals surface area (Å²) in [7, 11) is 0. The van der Waals surface area contributed by atoms with Crippen LogP contribution in [0.3, 0.4) is 0 Å². The molecule has 0 N–H and O–H groups in total. The summed E-state index contributed by atoms with van der Waals surface area (Å²) in [5.74, 6) is 1.96. The van der Waals surface area contributed by atoms with Crippen LogP contribution in [0.5, 0.6) is 0 Å². The van der Waals surface area contributed by atoms with Crippen LogP contribution in [0.2, 0.25) is 0 Å². The Hall–Kier alpha value is -2.74. The maximum absolute atomic E-state index is 8.00. The lowest BCUT2D eigenvalue weighted by Gasteiger charge is -2.22. The van der Waals surface area contributed by atoms with Gasteiger partial charge in [-0.1, -0.05) is 121 Å². The molecule has 1 atom stereocenters. The molecule has 220 valence electrons. The predicted molar refractivity (Wildman–Crippen MR) is 175 cm³/mol. The van der Waals surface area contributed by atoms with E-state index in [0.717, 1.165) is 24.7 Å². The third-order valence-corrected chi connectivity index (χ3v) is 7.98. The van der Waals surface area contributed by atoms with E-state index in [4.69, 9.17) is 4.79 Å². The molecule has 3 aromatic rings. The zero-order chi connectivity index (χ0) is 29.6. The summed E-state index contributed by atoms with van der Waals surface area (Å²) in [4.78, 5) is 12.2. The van der Waals surface area contributed by atoms with Crippen LogP contribution in [0.1, 0.15) is 113 Å². The Balaban J connectivity index is 0.000000331. The van der Waals surface area contributed by atoms with Gasteiger partial charge < -0.3 is 4.79 Å². The van der Waals surface area contributed by atoms with Gasteiger partial charge in [-0.25, -0.2) is 0 Å². The maximum atomic E-state index is 8.00. The van der Waals surface area contributed by atoms with Crippen molar-refractivity contribution < 1.29 is 4.79 Å². The van der Waals surface area contributed by atoms with Crippen LogP contribution in [0.25, 0.3) is 0 Å². The number of nitrogens with zero attached hydrogens (tertiary/aromatic N) is 1. The first-order valence-electron chi connectivity index (χ1n) is 15.9. The molecule has 1 fully saturated rings. The normalized spacial score (nSPS) is 15.4. The summed E-state index contributed by atoms with van der Waals surface area (Å²) in [6.45, 7) is 14.9. The molecule has 2 aliphatic rings. The van der Waals surface area contributed by atoms with E-state index in [0.29, 0.717) is 0 Å². The fourth-order valence-electron chi connectivity index (χ4n) is 5.43. The Bertz CT molecular complexity index is 1010. The molecule has 2 nitrogen and oxygen atoms in total. The lowest BCUT2D eigenvalue weighted by molar-refractivity contribution is -0.0980. The van der Waals surface area contributed by atoms with Crippen molar-refractivity contribution in [2.75, 3.05) is 0 Å². The van der Waals surface area contributed by atoms with Gasteiger partial charge in [0.15, 0.2) is 0 Å². The van der Waals surface area contributed by atoms with E-state index in [1.54, 1.807) is 11.1 Å². The molecule has 0 bridgehead atoms. The first-order valence-corrected chi connectivity index (χ1v) is 15.9. The molecule has 0 amide bonds. The number of hydrogen-bond acceptors (Lipinski definition) is 2. The third-order valence-electron chi connectivity index (χ3n) is 7.98. The molecule has 1 heterocycles. The zero-order valence-corrected chi connectivity index (χ0v) is 26.6. The van der Waals surface area contributed by atoms with Crippen molar-refractivity contribution in [2.45, 2.75) is 119 Å². The summed E-state index contributed by atoms with van der Waals surface area (Å²) in [6, 6.07) is 20.0. The number of aromatic nitrogens is 1. The van der Waals surface area contributed by atoms with E-state index < -0.39 is 0 Å². The highest BCUT2D eigenvalue weighted by atomic mass is 16.1. The number of benzene rings is 2. The first-order chi connectivity index (χ1) is 19.6. The van der Waals surface area contributed by atoms with Crippen LogP contribution in [0.4, 0.5) is 0 Å². The van der Waals surface area contributed by atoms with Gasteiger partial charge in [0.05, 0.1) is 0 Å². The van der Waals surface area contributed by atoms with Crippen molar-refractivity contribution in [3.8, 4) is 0 Å². The lowest BCUT2D eigenvalue weighted by Crippen LogP contribution is -2.11. The number of carbonyl (C=O) groups is 1. The van der Waals surface area contributed by atoms with Crippen LogP contribution in [-0.4, -0.2) is 11.8 Å². The quantitative estimate of drug-likeness (QED) is 0.309. The second-order valence-corrected chi connectivity index (χ2v) is 11.1. The minimum atomic E-state index is 0.860. The van der Waals surface area contributed by atoms with Crippen molar-refractivity contribution in [1.82, 2.24) is 4.98 Å². The van der Waals surface area contributed by atoms with Gasteiger partial charge >= 0.3 is 0 Å². The molecule has 2 heteroatoms. The minimum Gasteiger partial charge on any atom is -0.307 e. The van der Waals surface area contributed by atoms with Gasteiger partial charge in [-0.05, 0) is 97.6 Å². The molecule has 1 aromatic heterocycles. The fourth-order valence-corrected chi connectivity index (χ4v) is 5.43. The molecule has 1 saturated carbocycles. The van der Waals surface area contributed by atoms with Gasteiger partial charge in [0.2, 0.25) is 0 Å². The van der Waals surface area contributed by atoms with Crippen LogP contribution in [-0.2, 0) is 36.9 Å². The molecule has 0 saturated heterocycles. The average Bonchev–Trinajstić information content (AvgIpc) is 3.55. The Kier molecular flexibility index (Phi) is 19.4. The molecular formula is C38H57NO. The number of rotatable bonds is 6. The Morgan fingerprint density at radius 2 is 1.48 bits per heavy atom. The number of hydrogen-bond donors (Lipinski definition) is 0. The summed E-state index contributed by atoms with van der Waals surface area (Å²) in [6.07, 6.45) is 19.8. The molecule has 0 aliphatic heterocycles. The molecule has 2 aromatic carbocycles. The van der Waals surface area contributed by atoms with Crippen LogP contribution >= 0.6 is 0 Å². The van der Waals surface area contributed by atoms with E-state index in [9.17, 15) is 0 Å². The van der Waals surface area contributed by atoms with E-state index in [2.05, 4.69) is 81.2 Å². The third kappa shape index (κ3) is 14.1. The second-order valence-electron chi connectivity index (χ2n) is 11.1. The summed E-state index contributed by atoms with van der Waals surface area (Å²) in [5.41, 5.74) is 8.79. The van der Waals surface area contributed by atoms with Crippen molar-refractivity contribution in [2.24, 2.45) is 11.8 Å². The number of carbonyl (C=O) groups excluding carboxylic acids is 1. The molecule has 40 heavy (non-hydrogen) atoms. The van der Waals surface area contributed by atoms with Gasteiger partial charge in [0.25, 0.3) is 0 Å². The smallest absolute Gasteiger partial charge is 0.106 e. The van der Waals surface area contributed by atoms with Crippen molar-refractivity contribution in [1.29, 1.82) is 0 Å². The summed E-state index contributed by atoms with van der Waals surface area (Å²) < 4.78 is 0. The monoisotopic (exact) mass is 543 g/mol. The SMILES string of the molecule is C=O.CC.CCC1CCCC1.CCc1ccc(C)cc1.C[C@H]1CCc2cc(CCCc3cccnc3)ccc2C1. The Morgan fingerprint density at radius 3 is 2.05 bits per heavy atom. The van der Waals surface area contributed by atoms with E-state index >= 15 is 0 Å². The van der Waals surface area contributed by atoms with Crippen LogP contribution in [0, 0.1) is 18.8 Å². The van der Waals surface area contributed by atoms with Crippen molar-refractivity contribution in [3.05, 3.63) is 100 Å². The average molecular weight is 544 g/mol. The lowest BCUT2D eigenvalue weighted by atomic mass is 9.84. The van der Waals surface area contributed by atoms with Gasteiger partial charge in [-0.3, -0.25) is 4.98 Å². The maximum Gasteiger partial charge on any atom is 0.106 e. The molecule has 0 spiro atoms. The largest absolute Gasteiger partial charge is 0.307 e. The molecule has 2 aliphatic carbocycles.